The molecule has 0 bridgehead atoms. The van der Waals surface area contributed by atoms with Crippen molar-refractivity contribution >= 4 is 5.69 Å². The van der Waals surface area contributed by atoms with E-state index in [1.165, 1.54) is 49.8 Å². The monoisotopic (exact) mass is 230 g/mol. The van der Waals surface area contributed by atoms with Crippen LogP contribution in [0.2, 0.25) is 0 Å². The van der Waals surface area contributed by atoms with Gasteiger partial charge < -0.3 is 4.90 Å². The molecule has 0 saturated heterocycles. The van der Waals surface area contributed by atoms with Crippen molar-refractivity contribution in [1.82, 2.24) is 5.32 Å². The zero-order chi connectivity index (χ0) is 11.5. The van der Waals surface area contributed by atoms with E-state index in [0.717, 1.165) is 19.3 Å². The van der Waals surface area contributed by atoms with E-state index in [9.17, 15) is 0 Å². The van der Waals surface area contributed by atoms with Gasteiger partial charge in [-0.1, -0.05) is 43.9 Å². The lowest BCUT2D eigenvalue weighted by Gasteiger charge is -2.38. The summed E-state index contributed by atoms with van der Waals surface area (Å²) in [4.78, 5) is 2.60. The van der Waals surface area contributed by atoms with Crippen LogP contribution in [0.25, 0.3) is 0 Å². The van der Waals surface area contributed by atoms with Crippen LogP contribution in [-0.4, -0.2) is 12.7 Å². The van der Waals surface area contributed by atoms with Gasteiger partial charge in [0, 0.05) is 18.3 Å². The van der Waals surface area contributed by atoms with Crippen LogP contribution in [0.5, 0.6) is 0 Å². The highest BCUT2D eigenvalue weighted by Gasteiger charge is 2.24. The normalized spacial score (nSPS) is 22.0. The van der Waals surface area contributed by atoms with E-state index in [1.807, 2.05) is 0 Å². The van der Waals surface area contributed by atoms with Crippen LogP contribution in [0.1, 0.15) is 44.1 Å². The SMILES string of the molecule is c1ccc2c(c1)CNCN2C1CCCCCC1. The number of fused-ring (bicyclic) bond motifs is 1. The summed E-state index contributed by atoms with van der Waals surface area (Å²) >= 11 is 0. The molecule has 1 aromatic rings. The number of para-hydroxylation sites is 1. The van der Waals surface area contributed by atoms with E-state index >= 15 is 0 Å². The summed E-state index contributed by atoms with van der Waals surface area (Å²) in [6, 6.07) is 9.63. The summed E-state index contributed by atoms with van der Waals surface area (Å²) in [6.07, 6.45) is 8.41. The van der Waals surface area contributed by atoms with Crippen molar-refractivity contribution in [2.45, 2.75) is 51.1 Å². The average Bonchev–Trinajstić information content (AvgIpc) is 2.67. The Hall–Kier alpha value is -1.02. The van der Waals surface area contributed by atoms with Gasteiger partial charge in [-0.25, -0.2) is 0 Å². The molecule has 1 heterocycles. The summed E-state index contributed by atoms with van der Waals surface area (Å²) < 4.78 is 0. The lowest BCUT2D eigenvalue weighted by molar-refractivity contribution is 0.482. The molecule has 92 valence electrons. The second-order valence-electron chi connectivity index (χ2n) is 5.33. The topological polar surface area (TPSA) is 15.3 Å². The Morgan fingerprint density at radius 1 is 1.00 bits per heavy atom. The second-order valence-corrected chi connectivity index (χ2v) is 5.33. The Labute approximate surface area is 104 Å². The molecule has 2 nitrogen and oxygen atoms in total. The summed E-state index contributed by atoms with van der Waals surface area (Å²) in [5.74, 6) is 0. The molecule has 0 unspecified atom stereocenters. The van der Waals surface area contributed by atoms with Gasteiger partial charge in [0.15, 0.2) is 0 Å². The Bertz CT molecular complexity index is 367. The molecule has 0 radical (unpaired) electrons. The van der Waals surface area contributed by atoms with Gasteiger partial charge >= 0.3 is 0 Å². The van der Waals surface area contributed by atoms with Crippen molar-refractivity contribution in [3.63, 3.8) is 0 Å². The van der Waals surface area contributed by atoms with Crippen LogP contribution < -0.4 is 10.2 Å². The molecular weight excluding hydrogens is 208 g/mol. The first-order valence-corrected chi connectivity index (χ1v) is 7.00. The quantitative estimate of drug-likeness (QED) is 0.745. The number of nitrogens with one attached hydrogen (secondary N) is 1. The van der Waals surface area contributed by atoms with Crippen molar-refractivity contribution in [3.05, 3.63) is 29.8 Å². The zero-order valence-corrected chi connectivity index (χ0v) is 10.5. The molecule has 0 spiro atoms. The van der Waals surface area contributed by atoms with Crippen LogP contribution >= 0.6 is 0 Å². The van der Waals surface area contributed by atoms with Crippen LogP contribution in [0.15, 0.2) is 24.3 Å². The van der Waals surface area contributed by atoms with Gasteiger partial charge in [0.2, 0.25) is 0 Å². The third-order valence-corrected chi connectivity index (χ3v) is 4.16. The molecule has 3 rings (SSSR count). The van der Waals surface area contributed by atoms with Crippen LogP contribution in [0, 0.1) is 0 Å². The fourth-order valence-corrected chi connectivity index (χ4v) is 3.23. The van der Waals surface area contributed by atoms with Gasteiger partial charge in [-0.05, 0) is 24.5 Å². The number of hydrogen-bond acceptors (Lipinski definition) is 2. The first-order valence-electron chi connectivity index (χ1n) is 7.00. The van der Waals surface area contributed by atoms with E-state index in [0.29, 0.717) is 0 Å². The van der Waals surface area contributed by atoms with Gasteiger partial charge in [-0.2, -0.15) is 0 Å². The molecule has 0 atom stereocenters. The lowest BCUT2D eigenvalue weighted by Crippen LogP contribution is -2.45. The van der Waals surface area contributed by atoms with Crippen molar-refractivity contribution in [2.75, 3.05) is 11.6 Å². The van der Waals surface area contributed by atoms with Crippen molar-refractivity contribution in [3.8, 4) is 0 Å². The van der Waals surface area contributed by atoms with E-state index in [-0.39, 0.29) is 0 Å². The molecule has 1 aliphatic heterocycles. The number of rotatable bonds is 1. The van der Waals surface area contributed by atoms with Gasteiger partial charge in [0.1, 0.15) is 0 Å². The Morgan fingerprint density at radius 3 is 2.59 bits per heavy atom. The predicted octanol–water partition coefficient (Wildman–Crippen LogP) is 3.28. The minimum absolute atomic E-state index is 0.756. The molecule has 2 heteroatoms. The standard InChI is InChI=1S/C15H22N2/c1-2-4-9-14(8-3-1)17-12-16-11-13-7-5-6-10-15(13)17/h5-7,10,14,16H,1-4,8-9,11-12H2. The minimum atomic E-state index is 0.756. The molecule has 1 aliphatic carbocycles. The molecule has 0 amide bonds. The van der Waals surface area contributed by atoms with Gasteiger partial charge in [0.05, 0.1) is 6.67 Å². The summed E-state index contributed by atoms with van der Waals surface area (Å²) in [5, 5.41) is 3.53. The van der Waals surface area contributed by atoms with Gasteiger partial charge in [0.25, 0.3) is 0 Å². The van der Waals surface area contributed by atoms with Crippen molar-refractivity contribution in [2.24, 2.45) is 0 Å². The molecular formula is C15H22N2. The smallest absolute Gasteiger partial charge is 0.0687 e. The molecule has 0 aromatic heterocycles. The van der Waals surface area contributed by atoms with E-state index < -0.39 is 0 Å². The fourth-order valence-electron chi connectivity index (χ4n) is 3.23. The second kappa shape index (κ2) is 5.09. The van der Waals surface area contributed by atoms with Crippen LogP contribution in [0.4, 0.5) is 5.69 Å². The van der Waals surface area contributed by atoms with Crippen LogP contribution in [-0.2, 0) is 6.54 Å². The van der Waals surface area contributed by atoms with Crippen molar-refractivity contribution in [1.29, 1.82) is 0 Å². The van der Waals surface area contributed by atoms with Gasteiger partial charge in [-0.3, -0.25) is 5.32 Å². The van der Waals surface area contributed by atoms with Crippen LogP contribution in [0.3, 0.4) is 0 Å². The number of hydrogen-bond donors (Lipinski definition) is 1. The highest BCUT2D eigenvalue weighted by Crippen LogP contribution is 2.30. The van der Waals surface area contributed by atoms with E-state index in [4.69, 9.17) is 0 Å². The molecule has 2 aliphatic rings. The minimum Gasteiger partial charge on any atom is -0.355 e. The fraction of sp³-hybridized carbons (Fsp3) is 0.600. The number of nitrogens with zero attached hydrogens (tertiary/aromatic N) is 1. The Balaban J connectivity index is 1.83. The van der Waals surface area contributed by atoms with E-state index in [2.05, 4.69) is 34.5 Å². The highest BCUT2D eigenvalue weighted by atomic mass is 15.3. The largest absolute Gasteiger partial charge is 0.355 e. The molecule has 1 aromatic carbocycles. The predicted molar refractivity (Wildman–Crippen MR) is 72.1 cm³/mol. The lowest BCUT2D eigenvalue weighted by atomic mass is 10.0. The maximum atomic E-state index is 3.53. The highest BCUT2D eigenvalue weighted by molar-refractivity contribution is 5.55. The summed E-state index contributed by atoms with van der Waals surface area (Å²) in [6.45, 7) is 2.06. The molecule has 1 N–H and O–H groups in total. The first kappa shape index (κ1) is 11.1. The molecule has 1 fully saturated rings. The maximum absolute atomic E-state index is 3.53. The third kappa shape index (κ3) is 2.32. The first-order chi connectivity index (χ1) is 8.45. The number of benzene rings is 1. The van der Waals surface area contributed by atoms with Gasteiger partial charge in [-0.15, -0.1) is 0 Å². The Kier molecular flexibility index (Phi) is 3.32. The number of anilines is 1. The molecule has 17 heavy (non-hydrogen) atoms. The Morgan fingerprint density at radius 2 is 1.76 bits per heavy atom. The van der Waals surface area contributed by atoms with Crippen molar-refractivity contribution < 1.29 is 0 Å². The summed E-state index contributed by atoms with van der Waals surface area (Å²) in [5.41, 5.74) is 2.93. The van der Waals surface area contributed by atoms with E-state index in [1.54, 1.807) is 0 Å². The molecule has 1 saturated carbocycles. The maximum Gasteiger partial charge on any atom is 0.0687 e. The zero-order valence-electron chi connectivity index (χ0n) is 10.5. The third-order valence-electron chi connectivity index (χ3n) is 4.16. The average molecular weight is 230 g/mol. The summed E-state index contributed by atoms with van der Waals surface area (Å²) in [7, 11) is 0.